The summed E-state index contributed by atoms with van der Waals surface area (Å²) in [5.41, 5.74) is 5.14. The van der Waals surface area contributed by atoms with E-state index in [0.717, 1.165) is 39.0 Å². The van der Waals surface area contributed by atoms with Gasteiger partial charge in [-0.2, -0.15) is 0 Å². The Morgan fingerprint density at radius 1 is 0.925 bits per heavy atom. The second kappa shape index (κ2) is 12.5. The minimum absolute atomic E-state index is 0.137. The van der Waals surface area contributed by atoms with Crippen LogP contribution in [0.4, 0.5) is 5.13 Å². The molecule has 2 heterocycles. The number of hydrogen-bond donors (Lipinski definition) is 0. The molecule has 0 N–H and O–H groups in total. The molecule has 1 saturated heterocycles. The lowest BCUT2D eigenvalue weighted by molar-refractivity contribution is 0.399. The quantitative estimate of drug-likeness (QED) is 0.245. The van der Waals surface area contributed by atoms with E-state index in [1.807, 2.05) is 18.2 Å². The van der Waals surface area contributed by atoms with Crippen LogP contribution in [0.2, 0.25) is 0 Å². The molecule has 1 aliphatic rings. The van der Waals surface area contributed by atoms with Crippen molar-refractivity contribution in [3.05, 3.63) is 63.7 Å². The van der Waals surface area contributed by atoms with Gasteiger partial charge in [0.2, 0.25) is 0 Å². The molecule has 0 atom stereocenters. The van der Waals surface area contributed by atoms with E-state index in [1.54, 1.807) is 25.6 Å². The molecular formula is C32H44N2O4S2. The van der Waals surface area contributed by atoms with Crippen molar-refractivity contribution in [1.82, 2.24) is 4.98 Å². The second-order valence-corrected chi connectivity index (χ2v) is 14.7. The summed E-state index contributed by atoms with van der Waals surface area (Å²) in [5.74, 6) is 2.22. The van der Waals surface area contributed by atoms with Gasteiger partial charge in [0.25, 0.3) is 0 Å². The van der Waals surface area contributed by atoms with Crippen LogP contribution in [0.1, 0.15) is 100 Å². The van der Waals surface area contributed by atoms with Gasteiger partial charge < -0.3 is 14.4 Å². The Morgan fingerprint density at radius 3 is 2.08 bits per heavy atom. The van der Waals surface area contributed by atoms with E-state index in [0.29, 0.717) is 43.2 Å². The number of anilines is 1. The fourth-order valence-corrected chi connectivity index (χ4v) is 8.77. The van der Waals surface area contributed by atoms with Gasteiger partial charge in [0, 0.05) is 30.5 Å². The number of hydrogen-bond acceptors (Lipinski definition) is 7. The molecule has 2 aromatic carbocycles. The minimum Gasteiger partial charge on any atom is -0.497 e. The topological polar surface area (TPSA) is 68.7 Å². The molecule has 0 spiro atoms. The van der Waals surface area contributed by atoms with Gasteiger partial charge in [-0.3, -0.25) is 0 Å². The van der Waals surface area contributed by atoms with Crippen LogP contribution in [0, 0.1) is 0 Å². The number of thiazole rings is 1. The van der Waals surface area contributed by atoms with Crippen LogP contribution in [0.25, 0.3) is 0 Å². The largest absolute Gasteiger partial charge is 0.497 e. The maximum absolute atomic E-state index is 14.2. The summed E-state index contributed by atoms with van der Waals surface area (Å²) < 4.78 is 39.4. The second-order valence-electron chi connectivity index (χ2n) is 11.7. The van der Waals surface area contributed by atoms with Crippen LogP contribution in [-0.4, -0.2) is 46.0 Å². The number of nitrogens with zero attached hydrogens (tertiary/aromatic N) is 2. The minimum atomic E-state index is -3.48. The SMILES string of the molecule is COc1ccc(OC)c(Cc2csc(N3CCC(S(=O)(=O)c4c(C(C)C)cc(C(C)C)cc4C(C)C)CC3)n2)c1. The Morgan fingerprint density at radius 2 is 1.55 bits per heavy atom. The first-order chi connectivity index (χ1) is 19.0. The van der Waals surface area contributed by atoms with Crippen molar-refractivity contribution >= 4 is 26.3 Å². The Kier molecular flexibility index (Phi) is 9.51. The predicted octanol–water partition coefficient (Wildman–Crippen LogP) is 7.56. The first-order valence-electron chi connectivity index (χ1n) is 14.3. The smallest absolute Gasteiger partial charge is 0.185 e. The fraction of sp³-hybridized carbons (Fsp3) is 0.531. The molecule has 6 nitrogen and oxygen atoms in total. The summed E-state index contributed by atoms with van der Waals surface area (Å²) in [6.07, 6.45) is 1.84. The van der Waals surface area contributed by atoms with Crippen molar-refractivity contribution in [2.75, 3.05) is 32.2 Å². The highest BCUT2D eigenvalue weighted by Crippen LogP contribution is 2.39. The lowest BCUT2D eigenvalue weighted by Gasteiger charge is -2.33. The zero-order valence-corrected chi connectivity index (χ0v) is 26.8. The molecule has 4 rings (SSSR count). The van der Waals surface area contributed by atoms with Gasteiger partial charge in [-0.25, -0.2) is 13.4 Å². The highest BCUT2D eigenvalue weighted by molar-refractivity contribution is 7.92. The van der Waals surface area contributed by atoms with Gasteiger partial charge in [0.1, 0.15) is 11.5 Å². The van der Waals surface area contributed by atoms with Crippen molar-refractivity contribution in [2.24, 2.45) is 0 Å². The third kappa shape index (κ3) is 6.33. The van der Waals surface area contributed by atoms with Crippen LogP contribution in [0.5, 0.6) is 11.5 Å². The van der Waals surface area contributed by atoms with Crippen LogP contribution < -0.4 is 14.4 Å². The zero-order valence-electron chi connectivity index (χ0n) is 25.2. The number of sulfone groups is 1. The third-order valence-electron chi connectivity index (χ3n) is 7.91. The van der Waals surface area contributed by atoms with E-state index in [4.69, 9.17) is 14.5 Å². The van der Waals surface area contributed by atoms with Gasteiger partial charge in [0.05, 0.1) is 30.1 Å². The van der Waals surface area contributed by atoms with E-state index in [1.165, 1.54) is 5.56 Å². The highest BCUT2D eigenvalue weighted by atomic mass is 32.2. The molecule has 3 aromatic rings. The van der Waals surface area contributed by atoms with Crippen LogP contribution in [0.3, 0.4) is 0 Å². The van der Waals surface area contributed by atoms with E-state index >= 15 is 0 Å². The summed E-state index contributed by atoms with van der Waals surface area (Å²) in [7, 11) is -0.154. The first kappa shape index (κ1) is 30.4. The predicted molar refractivity (Wildman–Crippen MR) is 166 cm³/mol. The Bertz CT molecular complexity index is 1390. The number of ether oxygens (including phenoxy) is 2. The van der Waals surface area contributed by atoms with Crippen LogP contribution in [-0.2, 0) is 16.3 Å². The molecule has 0 amide bonds. The van der Waals surface area contributed by atoms with Gasteiger partial charge >= 0.3 is 0 Å². The van der Waals surface area contributed by atoms with E-state index in [2.05, 4.69) is 64.0 Å². The van der Waals surface area contributed by atoms with Crippen molar-refractivity contribution in [1.29, 1.82) is 0 Å². The molecule has 218 valence electrons. The summed E-state index contributed by atoms with van der Waals surface area (Å²) in [5, 5.41) is 2.64. The zero-order chi connectivity index (χ0) is 29.2. The van der Waals surface area contributed by atoms with Crippen LogP contribution in [0.15, 0.2) is 40.6 Å². The molecule has 1 aromatic heterocycles. The monoisotopic (exact) mass is 584 g/mol. The molecule has 0 unspecified atom stereocenters. The molecule has 0 saturated carbocycles. The Balaban J connectivity index is 1.53. The third-order valence-corrected chi connectivity index (χ3v) is 11.3. The van der Waals surface area contributed by atoms with Crippen LogP contribution >= 0.6 is 11.3 Å². The van der Waals surface area contributed by atoms with Crippen molar-refractivity contribution < 1.29 is 17.9 Å². The maximum Gasteiger partial charge on any atom is 0.185 e. The molecule has 1 aliphatic heterocycles. The number of aromatic nitrogens is 1. The lowest BCUT2D eigenvalue weighted by atomic mass is 9.89. The number of benzene rings is 2. The van der Waals surface area contributed by atoms with E-state index in [9.17, 15) is 8.42 Å². The Labute approximate surface area is 244 Å². The average Bonchev–Trinajstić information content (AvgIpc) is 3.40. The molecule has 1 fully saturated rings. The molecule has 0 radical (unpaired) electrons. The molecule has 0 aliphatic carbocycles. The molecular weight excluding hydrogens is 540 g/mol. The standard InChI is InChI=1S/C32H44N2O4S2/c1-20(2)23-17-28(21(3)4)31(29(18-23)22(5)6)40(35,36)27-11-13-34(14-12-27)32-33-25(19-39-32)15-24-16-26(37-7)9-10-30(24)38-8/h9-10,16-22,27H,11-15H2,1-8H3. The van der Waals surface area contributed by atoms with Crippen molar-refractivity contribution in [3.63, 3.8) is 0 Å². The Hall–Kier alpha value is -2.58. The first-order valence-corrected chi connectivity index (χ1v) is 16.7. The van der Waals surface area contributed by atoms with Crippen molar-refractivity contribution in [3.8, 4) is 11.5 Å². The van der Waals surface area contributed by atoms with Crippen molar-refractivity contribution in [2.45, 2.75) is 88.7 Å². The highest BCUT2D eigenvalue weighted by Gasteiger charge is 2.36. The summed E-state index contributed by atoms with van der Waals surface area (Å²) in [4.78, 5) is 7.73. The molecule has 40 heavy (non-hydrogen) atoms. The van der Waals surface area contributed by atoms with Gasteiger partial charge in [-0.05, 0) is 65.5 Å². The average molecular weight is 585 g/mol. The normalized spacial score (nSPS) is 14.9. The van der Waals surface area contributed by atoms with E-state index in [-0.39, 0.29) is 17.1 Å². The maximum atomic E-state index is 14.2. The lowest BCUT2D eigenvalue weighted by Crippen LogP contribution is -2.40. The summed E-state index contributed by atoms with van der Waals surface area (Å²) in [6.45, 7) is 14.1. The summed E-state index contributed by atoms with van der Waals surface area (Å²) >= 11 is 1.61. The van der Waals surface area contributed by atoms with Gasteiger partial charge in [-0.1, -0.05) is 53.7 Å². The molecule has 8 heteroatoms. The number of piperidine rings is 1. The fourth-order valence-electron chi connectivity index (χ4n) is 5.48. The summed E-state index contributed by atoms with van der Waals surface area (Å²) in [6, 6.07) is 10.1. The van der Waals surface area contributed by atoms with E-state index < -0.39 is 9.84 Å². The van der Waals surface area contributed by atoms with Gasteiger partial charge in [-0.15, -0.1) is 11.3 Å². The number of rotatable bonds is 10. The number of methoxy groups -OCH3 is 2. The molecule has 0 bridgehead atoms. The van der Waals surface area contributed by atoms with Gasteiger partial charge in [0.15, 0.2) is 15.0 Å².